The van der Waals surface area contributed by atoms with Crippen molar-refractivity contribution in [3.63, 3.8) is 0 Å². The van der Waals surface area contributed by atoms with Crippen molar-refractivity contribution in [2.45, 2.75) is 45.6 Å². The molecule has 28 heavy (non-hydrogen) atoms. The Hall–Kier alpha value is -2.90. The third-order valence-corrected chi connectivity index (χ3v) is 4.93. The number of fused-ring (bicyclic) bond motifs is 1. The van der Waals surface area contributed by atoms with E-state index in [0.29, 0.717) is 24.8 Å². The molecule has 3 aromatic rings. The monoisotopic (exact) mass is 383 g/mol. The van der Waals surface area contributed by atoms with Crippen LogP contribution in [0.15, 0.2) is 22.7 Å². The zero-order chi connectivity index (χ0) is 20.1. The summed E-state index contributed by atoms with van der Waals surface area (Å²) in [5.74, 6) is 1.13. The van der Waals surface area contributed by atoms with Crippen molar-refractivity contribution in [3.8, 4) is 11.4 Å². The number of benzene rings is 1. The highest BCUT2D eigenvalue weighted by atomic mass is 16.6. The molecule has 0 bridgehead atoms. The van der Waals surface area contributed by atoms with Crippen LogP contribution in [0.25, 0.3) is 22.3 Å². The van der Waals surface area contributed by atoms with Gasteiger partial charge in [0.05, 0.1) is 17.1 Å². The van der Waals surface area contributed by atoms with Crippen LogP contribution in [0.3, 0.4) is 0 Å². The normalized spacial score (nSPS) is 17.5. The quantitative estimate of drug-likeness (QED) is 0.671. The first kappa shape index (κ1) is 18.5. The lowest BCUT2D eigenvalue weighted by molar-refractivity contribution is 0.0291. The summed E-state index contributed by atoms with van der Waals surface area (Å²) in [5.41, 5.74) is 2.40. The molecule has 0 unspecified atom stereocenters. The molecule has 0 radical (unpaired) electrons. The number of ether oxygens (including phenoxy) is 1. The second-order valence-corrected chi connectivity index (χ2v) is 8.31. The Bertz CT molecular complexity index is 1030. The van der Waals surface area contributed by atoms with Gasteiger partial charge in [-0.2, -0.15) is 10.1 Å². The van der Waals surface area contributed by atoms with E-state index in [1.807, 2.05) is 57.6 Å². The predicted octanol–water partition coefficient (Wildman–Crippen LogP) is 3.66. The van der Waals surface area contributed by atoms with Crippen molar-refractivity contribution in [3.05, 3.63) is 29.8 Å². The number of carbonyl (C=O) groups is 1. The van der Waals surface area contributed by atoms with Gasteiger partial charge in [0.25, 0.3) is 0 Å². The molecule has 1 aliphatic rings. The molecule has 1 aromatic carbocycles. The molecule has 0 saturated carbocycles. The summed E-state index contributed by atoms with van der Waals surface area (Å²) in [5, 5.41) is 9.71. The number of carbonyl (C=O) groups excluding carboxylic acids is 1. The van der Waals surface area contributed by atoms with E-state index in [1.165, 1.54) is 0 Å². The van der Waals surface area contributed by atoms with Gasteiger partial charge in [0.15, 0.2) is 0 Å². The zero-order valence-corrected chi connectivity index (χ0v) is 16.9. The minimum Gasteiger partial charge on any atom is -0.444 e. The Kier molecular flexibility index (Phi) is 4.36. The fraction of sp³-hybridized carbons (Fsp3) is 0.500. The molecule has 4 rings (SSSR count). The minimum absolute atomic E-state index is 0.0245. The van der Waals surface area contributed by atoms with Gasteiger partial charge in [-0.1, -0.05) is 17.3 Å². The van der Waals surface area contributed by atoms with Crippen LogP contribution in [0.2, 0.25) is 0 Å². The Balaban J connectivity index is 1.51. The molecular weight excluding hydrogens is 358 g/mol. The largest absolute Gasteiger partial charge is 0.444 e. The molecule has 0 aliphatic carbocycles. The lowest BCUT2D eigenvalue weighted by Gasteiger charge is -2.24. The third kappa shape index (κ3) is 3.46. The van der Waals surface area contributed by atoms with Crippen LogP contribution < -0.4 is 0 Å². The van der Waals surface area contributed by atoms with E-state index < -0.39 is 5.60 Å². The average molecular weight is 383 g/mol. The zero-order valence-electron chi connectivity index (χ0n) is 16.9. The Morgan fingerprint density at radius 3 is 2.86 bits per heavy atom. The van der Waals surface area contributed by atoms with Crippen molar-refractivity contribution < 1.29 is 14.1 Å². The predicted molar refractivity (Wildman–Crippen MR) is 104 cm³/mol. The van der Waals surface area contributed by atoms with Crippen molar-refractivity contribution in [2.24, 2.45) is 7.05 Å². The van der Waals surface area contributed by atoms with Gasteiger partial charge in [0, 0.05) is 31.1 Å². The fourth-order valence-corrected chi connectivity index (χ4v) is 3.55. The minimum atomic E-state index is -0.504. The van der Waals surface area contributed by atoms with Gasteiger partial charge in [-0.3, -0.25) is 4.68 Å². The summed E-state index contributed by atoms with van der Waals surface area (Å²) in [7, 11) is 1.92. The highest BCUT2D eigenvalue weighted by Crippen LogP contribution is 2.30. The topological polar surface area (TPSA) is 86.3 Å². The van der Waals surface area contributed by atoms with E-state index in [4.69, 9.17) is 9.26 Å². The Labute approximate surface area is 163 Å². The van der Waals surface area contributed by atoms with Crippen LogP contribution in [-0.2, 0) is 11.8 Å². The van der Waals surface area contributed by atoms with Crippen molar-refractivity contribution in [1.82, 2.24) is 24.8 Å². The number of likely N-dealkylation sites (tertiary alicyclic amines) is 1. The van der Waals surface area contributed by atoms with Crippen molar-refractivity contribution >= 4 is 17.0 Å². The molecule has 8 nitrogen and oxygen atoms in total. The maximum atomic E-state index is 12.3. The molecule has 0 spiro atoms. The van der Waals surface area contributed by atoms with E-state index >= 15 is 0 Å². The second-order valence-electron chi connectivity index (χ2n) is 8.31. The lowest BCUT2D eigenvalue weighted by Crippen LogP contribution is -2.35. The van der Waals surface area contributed by atoms with E-state index in [1.54, 1.807) is 4.90 Å². The van der Waals surface area contributed by atoms with Gasteiger partial charge in [-0.15, -0.1) is 0 Å². The second kappa shape index (κ2) is 6.61. The number of aryl methyl sites for hydroxylation is 2. The van der Waals surface area contributed by atoms with E-state index in [-0.39, 0.29) is 12.0 Å². The van der Waals surface area contributed by atoms with Gasteiger partial charge in [0.2, 0.25) is 11.7 Å². The summed E-state index contributed by atoms with van der Waals surface area (Å²) in [4.78, 5) is 18.5. The summed E-state index contributed by atoms with van der Waals surface area (Å²) in [6.45, 7) is 8.73. The SMILES string of the molecule is Cc1nn(C)c2cc(-c3noc([C@H]4CCN(C(=O)OC(C)(C)C)C4)n3)ccc12. The summed E-state index contributed by atoms with van der Waals surface area (Å²) in [6.07, 6.45) is 0.479. The number of nitrogens with zero attached hydrogens (tertiary/aromatic N) is 5. The molecule has 148 valence electrons. The molecule has 1 saturated heterocycles. The molecule has 8 heteroatoms. The van der Waals surface area contributed by atoms with Gasteiger partial charge >= 0.3 is 6.09 Å². The van der Waals surface area contributed by atoms with E-state index in [9.17, 15) is 4.79 Å². The van der Waals surface area contributed by atoms with Gasteiger partial charge in [-0.25, -0.2) is 4.79 Å². The highest BCUT2D eigenvalue weighted by Gasteiger charge is 2.33. The lowest BCUT2D eigenvalue weighted by atomic mass is 10.1. The first-order chi connectivity index (χ1) is 13.2. The van der Waals surface area contributed by atoms with Crippen LogP contribution >= 0.6 is 0 Å². The molecule has 1 atom stereocenters. The standard InChI is InChI=1S/C20H25N5O3/c1-12-15-7-6-13(10-16(15)24(5)22-12)17-21-18(28-23-17)14-8-9-25(11-14)19(26)27-20(2,3)4/h6-7,10,14H,8-9,11H2,1-5H3/t14-/m0/s1. The number of hydrogen-bond donors (Lipinski definition) is 0. The van der Waals surface area contributed by atoms with Crippen LogP contribution in [-0.4, -0.2) is 49.6 Å². The summed E-state index contributed by atoms with van der Waals surface area (Å²) >= 11 is 0. The third-order valence-electron chi connectivity index (χ3n) is 4.93. The first-order valence-corrected chi connectivity index (χ1v) is 9.46. The van der Waals surface area contributed by atoms with Crippen LogP contribution in [0.1, 0.15) is 44.7 Å². The molecule has 1 amide bonds. The van der Waals surface area contributed by atoms with E-state index in [0.717, 1.165) is 28.6 Å². The number of amides is 1. The van der Waals surface area contributed by atoms with Gasteiger partial charge in [-0.05, 0) is 40.2 Å². The first-order valence-electron chi connectivity index (χ1n) is 9.46. The average Bonchev–Trinajstić information content (AvgIpc) is 3.33. The molecular formula is C20H25N5O3. The maximum Gasteiger partial charge on any atom is 0.410 e. The maximum absolute atomic E-state index is 12.3. The van der Waals surface area contributed by atoms with Gasteiger partial charge < -0.3 is 14.2 Å². The summed E-state index contributed by atoms with van der Waals surface area (Å²) < 4.78 is 12.8. The van der Waals surface area contributed by atoms with Crippen LogP contribution in [0, 0.1) is 6.92 Å². The van der Waals surface area contributed by atoms with Gasteiger partial charge in [0.1, 0.15) is 5.60 Å². The fourth-order valence-electron chi connectivity index (χ4n) is 3.55. The molecule has 0 N–H and O–H groups in total. The molecule has 1 aliphatic heterocycles. The van der Waals surface area contributed by atoms with Crippen molar-refractivity contribution in [1.29, 1.82) is 0 Å². The summed E-state index contributed by atoms with van der Waals surface area (Å²) in [6, 6.07) is 6.03. The van der Waals surface area contributed by atoms with Crippen LogP contribution in [0.4, 0.5) is 4.79 Å². The Morgan fingerprint density at radius 2 is 2.11 bits per heavy atom. The van der Waals surface area contributed by atoms with Crippen LogP contribution in [0.5, 0.6) is 0 Å². The molecule has 2 aromatic heterocycles. The number of aromatic nitrogens is 4. The smallest absolute Gasteiger partial charge is 0.410 e. The molecule has 1 fully saturated rings. The number of rotatable bonds is 2. The highest BCUT2D eigenvalue weighted by molar-refractivity contribution is 5.85. The van der Waals surface area contributed by atoms with E-state index in [2.05, 4.69) is 15.2 Å². The molecule has 3 heterocycles. The Morgan fingerprint density at radius 1 is 1.32 bits per heavy atom. The number of hydrogen-bond acceptors (Lipinski definition) is 6. The van der Waals surface area contributed by atoms with Crippen molar-refractivity contribution in [2.75, 3.05) is 13.1 Å².